The van der Waals surface area contributed by atoms with Gasteiger partial charge in [-0.25, -0.2) is 4.79 Å². The van der Waals surface area contributed by atoms with Gasteiger partial charge in [-0.2, -0.15) is 0 Å². The molecule has 2 saturated heterocycles. The van der Waals surface area contributed by atoms with Gasteiger partial charge in [0.25, 0.3) is 0 Å². The Bertz CT molecular complexity index is 1850. The highest BCUT2D eigenvalue weighted by molar-refractivity contribution is 5.71. The van der Waals surface area contributed by atoms with Crippen LogP contribution >= 0.6 is 0 Å². The lowest BCUT2D eigenvalue weighted by molar-refractivity contribution is -0.273. The van der Waals surface area contributed by atoms with Crippen LogP contribution < -0.4 is 5.32 Å². The molecular weight excluding hydrogens is 775 g/mol. The molecule has 0 unspecified atom stereocenters. The summed E-state index contributed by atoms with van der Waals surface area (Å²) in [5.74, 6) is 6.62. The van der Waals surface area contributed by atoms with Gasteiger partial charge < -0.3 is 33.7 Å². The molecule has 4 aromatic rings. The Morgan fingerprint density at radius 1 is 0.532 bits per heavy atom. The zero-order chi connectivity index (χ0) is 42.9. The number of cyclic esters (lactones) is 1. The minimum atomic E-state index is -0.528. The van der Waals surface area contributed by atoms with Crippen LogP contribution in [0.5, 0.6) is 0 Å². The number of unbranched alkanes of at least 4 members (excludes halogenated alkanes) is 11. The topological polar surface area (TPSA) is 84.5 Å². The van der Waals surface area contributed by atoms with Crippen molar-refractivity contribution in [2.45, 2.75) is 166 Å². The highest BCUT2D eigenvalue weighted by atomic mass is 16.6. The van der Waals surface area contributed by atoms with E-state index in [9.17, 15) is 4.79 Å². The normalized spacial score (nSPS) is 22.1. The van der Waals surface area contributed by atoms with E-state index in [2.05, 4.69) is 72.6 Å². The monoisotopic (exact) mass is 844 g/mol. The SMILES string of the molecule is CCCCCCCCCCCCCC#C[C@H]1OC(=O)N[C@H]1CC[C@@H]1O[C@H](COCc2ccccc2)[C@H](OCc2ccccc2)[C@H](OCc2ccccc2)[C@H]1OCc1ccccc1. The van der Waals surface area contributed by atoms with Crippen molar-refractivity contribution >= 4 is 6.09 Å². The van der Waals surface area contributed by atoms with E-state index in [1.165, 1.54) is 64.2 Å². The Kier molecular flexibility index (Phi) is 20.9. The molecule has 2 aliphatic heterocycles. The summed E-state index contributed by atoms with van der Waals surface area (Å²) in [7, 11) is 0. The molecule has 0 spiro atoms. The Hall–Kier alpha value is -4.49. The van der Waals surface area contributed by atoms with Crippen LogP contribution in [-0.2, 0) is 54.8 Å². The first-order chi connectivity index (χ1) is 30.7. The third-order valence-corrected chi connectivity index (χ3v) is 11.8. The fraction of sp³-hybridized carbons (Fsp3) is 0.500. The van der Waals surface area contributed by atoms with E-state index in [4.69, 9.17) is 28.4 Å². The minimum absolute atomic E-state index is 0.283. The second kappa shape index (κ2) is 27.5. The first-order valence-electron chi connectivity index (χ1n) is 23.4. The number of hydrogen-bond acceptors (Lipinski definition) is 7. The van der Waals surface area contributed by atoms with Crippen LogP contribution in [0.3, 0.4) is 0 Å². The molecule has 2 fully saturated rings. The molecule has 0 bridgehead atoms. The van der Waals surface area contributed by atoms with Crippen LogP contribution in [0, 0.1) is 11.8 Å². The number of amides is 1. The van der Waals surface area contributed by atoms with E-state index in [0.29, 0.717) is 39.3 Å². The first kappa shape index (κ1) is 47.0. The van der Waals surface area contributed by atoms with Crippen LogP contribution in [-0.4, -0.2) is 55.4 Å². The van der Waals surface area contributed by atoms with Gasteiger partial charge >= 0.3 is 6.09 Å². The van der Waals surface area contributed by atoms with Gasteiger partial charge in [0, 0.05) is 6.42 Å². The van der Waals surface area contributed by atoms with Gasteiger partial charge in [0.15, 0.2) is 6.10 Å². The number of alkyl carbamates (subject to hydrolysis) is 1. The molecule has 0 aliphatic carbocycles. The molecular formula is C54H69NO7. The van der Waals surface area contributed by atoms with E-state index in [-0.39, 0.29) is 12.6 Å². The highest BCUT2D eigenvalue weighted by Crippen LogP contribution is 2.34. The zero-order valence-corrected chi connectivity index (χ0v) is 36.9. The van der Waals surface area contributed by atoms with Gasteiger partial charge in [0.1, 0.15) is 24.4 Å². The predicted molar refractivity (Wildman–Crippen MR) is 245 cm³/mol. The summed E-state index contributed by atoms with van der Waals surface area (Å²) in [5.41, 5.74) is 4.23. The first-order valence-corrected chi connectivity index (χ1v) is 23.4. The third kappa shape index (κ3) is 16.3. The Balaban J connectivity index is 1.15. The number of carbonyl (C=O) groups excluding carboxylic acids is 1. The maximum absolute atomic E-state index is 12.7. The highest BCUT2D eigenvalue weighted by Gasteiger charge is 2.49. The average Bonchev–Trinajstić information content (AvgIpc) is 3.67. The van der Waals surface area contributed by atoms with Crippen LogP contribution in [0.25, 0.3) is 0 Å². The molecule has 7 atom stereocenters. The maximum Gasteiger partial charge on any atom is 0.408 e. The molecule has 62 heavy (non-hydrogen) atoms. The second-order valence-corrected chi connectivity index (χ2v) is 16.8. The third-order valence-electron chi connectivity index (χ3n) is 11.8. The number of rotatable bonds is 27. The van der Waals surface area contributed by atoms with E-state index in [1.54, 1.807) is 0 Å². The molecule has 0 saturated carbocycles. The summed E-state index contributed by atoms with van der Waals surface area (Å²) in [5, 5.41) is 3.04. The fourth-order valence-electron chi connectivity index (χ4n) is 8.32. The smallest absolute Gasteiger partial charge is 0.408 e. The van der Waals surface area contributed by atoms with Crippen molar-refractivity contribution < 1.29 is 33.2 Å². The number of benzene rings is 4. The number of ether oxygens (including phenoxy) is 6. The van der Waals surface area contributed by atoms with Crippen molar-refractivity contribution in [1.29, 1.82) is 0 Å². The van der Waals surface area contributed by atoms with Gasteiger partial charge in [-0.05, 0) is 41.5 Å². The van der Waals surface area contributed by atoms with Crippen LogP contribution in [0.1, 0.15) is 119 Å². The van der Waals surface area contributed by atoms with E-state index in [1.807, 2.05) is 72.8 Å². The van der Waals surface area contributed by atoms with Crippen molar-refractivity contribution in [3.63, 3.8) is 0 Å². The van der Waals surface area contributed by atoms with Crippen LogP contribution in [0.4, 0.5) is 4.79 Å². The lowest BCUT2D eigenvalue weighted by Gasteiger charge is -2.46. The molecule has 2 heterocycles. The van der Waals surface area contributed by atoms with Crippen molar-refractivity contribution in [2.24, 2.45) is 0 Å². The molecule has 8 heteroatoms. The number of carbonyl (C=O) groups is 1. The molecule has 0 aromatic heterocycles. The van der Waals surface area contributed by atoms with E-state index >= 15 is 0 Å². The largest absolute Gasteiger partial charge is 0.431 e. The van der Waals surface area contributed by atoms with E-state index in [0.717, 1.165) is 35.1 Å². The average molecular weight is 844 g/mol. The number of hydrogen-bond donors (Lipinski definition) is 1. The van der Waals surface area contributed by atoms with Gasteiger partial charge in [0.05, 0.1) is 45.2 Å². The Morgan fingerprint density at radius 2 is 0.984 bits per heavy atom. The second-order valence-electron chi connectivity index (χ2n) is 16.8. The maximum atomic E-state index is 12.7. The molecule has 6 rings (SSSR count). The molecule has 1 amide bonds. The summed E-state index contributed by atoms with van der Waals surface area (Å²) < 4.78 is 39.8. The zero-order valence-electron chi connectivity index (χ0n) is 36.9. The lowest BCUT2D eigenvalue weighted by Crippen LogP contribution is -2.61. The summed E-state index contributed by atoms with van der Waals surface area (Å²) in [6, 6.07) is 40.4. The summed E-state index contributed by atoms with van der Waals surface area (Å²) >= 11 is 0. The predicted octanol–water partition coefficient (Wildman–Crippen LogP) is 11.7. The molecule has 0 radical (unpaired) electrons. The van der Waals surface area contributed by atoms with E-state index < -0.39 is 42.7 Å². The van der Waals surface area contributed by atoms with Crippen molar-refractivity contribution in [1.82, 2.24) is 5.32 Å². The van der Waals surface area contributed by atoms with Gasteiger partial charge in [0.2, 0.25) is 0 Å². The minimum Gasteiger partial charge on any atom is -0.431 e. The molecule has 1 N–H and O–H groups in total. The van der Waals surface area contributed by atoms with Crippen molar-refractivity contribution in [2.75, 3.05) is 6.61 Å². The Morgan fingerprint density at radius 3 is 1.50 bits per heavy atom. The van der Waals surface area contributed by atoms with Crippen molar-refractivity contribution in [3.8, 4) is 11.8 Å². The van der Waals surface area contributed by atoms with Crippen LogP contribution in [0.2, 0.25) is 0 Å². The standard InChI is InChI=1S/C54H69NO7/c1-2-3-4-5-6-7-8-9-10-11-12-13-26-35-48-47(55-54(56)62-48)36-37-49-51(58-39-44-29-20-15-21-30-44)53(60-41-46-33-24-17-25-34-46)52(59-40-45-31-22-16-23-32-45)50(61-49)42-57-38-43-27-18-14-19-28-43/h14-25,27-34,47-53H,2-13,36-42H2,1H3,(H,55,56)/t47-,48+,49-,50+,51-,52-,53+/m0/s1. The summed E-state index contributed by atoms with van der Waals surface area (Å²) in [4.78, 5) is 12.7. The van der Waals surface area contributed by atoms with Crippen molar-refractivity contribution in [3.05, 3.63) is 144 Å². The Labute approximate surface area is 371 Å². The quantitative estimate of drug-likeness (QED) is 0.0473. The summed E-state index contributed by atoms with van der Waals surface area (Å²) in [6.07, 6.45) is 12.8. The van der Waals surface area contributed by atoms with Gasteiger partial charge in [-0.15, -0.1) is 0 Å². The number of nitrogens with one attached hydrogen (secondary N) is 1. The van der Waals surface area contributed by atoms with Gasteiger partial charge in [-0.1, -0.05) is 204 Å². The van der Waals surface area contributed by atoms with Gasteiger partial charge in [-0.3, -0.25) is 0 Å². The lowest BCUT2D eigenvalue weighted by atomic mass is 9.90. The molecule has 332 valence electrons. The molecule has 4 aromatic carbocycles. The fourth-order valence-corrected chi connectivity index (χ4v) is 8.32. The van der Waals surface area contributed by atoms with Crippen LogP contribution in [0.15, 0.2) is 121 Å². The summed E-state index contributed by atoms with van der Waals surface area (Å²) in [6.45, 7) is 4.10. The molecule has 2 aliphatic rings. The molecule has 8 nitrogen and oxygen atoms in total.